The van der Waals surface area contributed by atoms with Gasteiger partial charge >= 0.3 is 5.97 Å². The van der Waals surface area contributed by atoms with Gasteiger partial charge in [-0.2, -0.15) is 0 Å². The predicted molar refractivity (Wildman–Crippen MR) is 109 cm³/mol. The fourth-order valence-corrected chi connectivity index (χ4v) is 3.54. The van der Waals surface area contributed by atoms with Gasteiger partial charge in [0.05, 0.1) is 17.6 Å². The van der Waals surface area contributed by atoms with Crippen LogP contribution in [0.25, 0.3) is 0 Å². The Morgan fingerprint density at radius 3 is 2.63 bits per heavy atom. The maximum atomic E-state index is 12.4. The maximum absolute atomic E-state index is 12.4. The summed E-state index contributed by atoms with van der Waals surface area (Å²) in [5, 5.41) is 2.76. The fraction of sp³-hybridized carbons (Fsp3) is 0.348. The molecule has 0 saturated carbocycles. The number of ether oxygens (including phenoxy) is 3. The van der Waals surface area contributed by atoms with Crippen molar-refractivity contribution in [3.05, 3.63) is 59.2 Å². The van der Waals surface area contributed by atoms with Gasteiger partial charge in [-0.15, -0.1) is 0 Å². The molecule has 2 aromatic rings. The Bertz CT molecular complexity index is 962. The first-order chi connectivity index (χ1) is 14.5. The lowest BCUT2D eigenvalue weighted by molar-refractivity contribution is -0.116. The SMILES string of the molecule is C[C@@H]1C(=O)Nc2ccc(C(=O)COC(=O)c3ccc(OC[C@@H]4CCCO4)cc3)cc21. The van der Waals surface area contributed by atoms with Crippen LogP contribution in [0, 0.1) is 0 Å². The molecule has 2 aromatic carbocycles. The number of anilines is 1. The summed E-state index contributed by atoms with van der Waals surface area (Å²) in [7, 11) is 0. The van der Waals surface area contributed by atoms with Crippen LogP contribution in [0.3, 0.4) is 0 Å². The predicted octanol–water partition coefficient (Wildman–Crippen LogP) is 3.34. The second-order valence-corrected chi connectivity index (χ2v) is 7.48. The number of hydrogen-bond donors (Lipinski definition) is 1. The number of nitrogens with one attached hydrogen (secondary N) is 1. The summed E-state index contributed by atoms with van der Waals surface area (Å²) in [4.78, 5) is 36.4. The topological polar surface area (TPSA) is 90.9 Å². The summed E-state index contributed by atoms with van der Waals surface area (Å²) < 4.78 is 16.3. The molecule has 1 amide bonds. The first-order valence-corrected chi connectivity index (χ1v) is 10.0. The lowest BCUT2D eigenvalue weighted by Gasteiger charge is -2.11. The normalized spacial score (nSPS) is 19.8. The largest absolute Gasteiger partial charge is 0.491 e. The third-order valence-corrected chi connectivity index (χ3v) is 5.38. The number of hydrogen-bond acceptors (Lipinski definition) is 6. The van der Waals surface area contributed by atoms with E-state index in [2.05, 4.69) is 5.32 Å². The van der Waals surface area contributed by atoms with Crippen LogP contribution < -0.4 is 10.1 Å². The summed E-state index contributed by atoms with van der Waals surface area (Å²) in [5.41, 5.74) is 2.23. The second-order valence-electron chi connectivity index (χ2n) is 7.48. The quantitative estimate of drug-likeness (QED) is 0.557. The molecular formula is C23H23NO6. The molecule has 2 atom stereocenters. The van der Waals surface area contributed by atoms with E-state index in [0.29, 0.717) is 29.2 Å². The molecular weight excluding hydrogens is 386 g/mol. The summed E-state index contributed by atoms with van der Waals surface area (Å²) in [6, 6.07) is 11.6. The average molecular weight is 409 g/mol. The van der Waals surface area contributed by atoms with Crippen molar-refractivity contribution in [1.29, 1.82) is 0 Å². The molecule has 0 radical (unpaired) electrons. The van der Waals surface area contributed by atoms with Gasteiger partial charge < -0.3 is 19.5 Å². The van der Waals surface area contributed by atoms with Crippen LogP contribution in [-0.4, -0.2) is 43.6 Å². The van der Waals surface area contributed by atoms with Crippen LogP contribution in [0.5, 0.6) is 5.75 Å². The highest BCUT2D eigenvalue weighted by Crippen LogP contribution is 2.32. The molecule has 4 rings (SSSR count). The lowest BCUT2D eigenvalue weighted by atomic mass is 9.99. The molecule has 1 fully saturated rings. The van der Waals surface area contributed by atoms with E-state index in [-0.39, 0.29) is 30.3 Å². The number of fused-ring (bicyclic) bond motifs is 1. The second kappa shape index (κ2) is 8.67. The van der Waals surface area contributed by atoms with Gasteiger partial charge in [-0.05, 0) is 67.8 Å². The summed E-state index contributed by atoms with van der Waals surface area (Å²) in [6.07, 6.45) is 2.17. The monoisotopic (exact) mass is 409 g/mol. The third-order valence-electron chi connectivity index (χ3n) is 5.38. The number of carbonyl (C=O) groups excluding carboxylic acids is 3. The fourth-order valence-electron chi connectivity index (χ4n) is 3.54. The van der Waals surface area contributed by atoms with Gasteiger partial charge in [0.1, 0.15) is 12.4 Å². The molecule has 30 heavy (non-hydrogen) atoms. The van der Waals surface area contributed by atoms with E-state index >= 15 is 0 Å². The zero-order valence-corrected chi connectivity index (χ0v) is 16.7. The number of ketones is 1. The molecule has 0 aliphatic carbocycles. The maximum Gasteiger partial charge on any atom is 0.338 e. The van der Waals surface area contributed by atoms with E-state index in [1.807, 2.05) is 0 Å². The number of rotatable bonds is 7. The van der Waals surface area contributed by atoms with Crippen LogP contribution in [0.15, 0.2) is 42.5 Å². The minimum Gasteiger partial charge on any atom is -0.491 e. The van der Waals surface area contributed by atoms with E-state index in [4.69, 9.17) is 14.2 Å². The van der Waals surface area contributed by atoms with Crippen LogP contribution >= 0.6 is 0 Å². The zero-order valence-electron chi connectivity index (χ0n) is 16.7. The average Bonchev–Trinajstić information content (AvgIpc) is 3.38. The Morgan fingerprint density at radius 1 is 1.13 bits per heavy atom. The summed E-state index contributed by atoms with van der Waals surface area (Å²) in [6.45, 7) is 2.67. The highest BCUT2D eigenvalue weighted by atomic mass is 16.5. The van der Waals surface area contributed by atoms with Crippen molar-refractivity contribution in [2.45, 2.75) is 31.8 Å². The Labute approximate surface area is 174 Å². The van der Waals surface area contributed by atoms with Gasteiger partial charge in [0, 0.05) is 17.9 Å². The van der Waals surface area contributed by atoms with E-state index in [9.17, 15) is 14.4 Å². The number of Topliss-reactive ketones (excluding diaryl/α,β-unsaturated/α-hetero) is 1. The Morgan fingerprint density at radius 2 is 1.90 bits per heavy atom. The van der Waals surface area contributed by atoms with E-state index < -0.39 is 5.97 Å². The molecule has 0 aromatic heterocycles. The molecule has 2 heterocycles. The molecule has 2 aliphatic heterocycles. The van der Waals surface area contributed by atoms with Crippen molar-refractivity contribution in [3.63, 3.8) is 0 Å². The van der Waals surface area contributed by atoms with Gasteiger partial charge in [0.2, 0.25) is 5.91 Å². The number of esters is 1. The van der Waals surface area contributed by atoms with Crippen molar-refractivity contribution in [2.75, 3.05) is 25.1 Å². The summed E-state index contributed by atoms with van der Waals surface area (Å²) >= 11 is 0. The Balaban J connectivity index is 1.30. The first kappa shape index (κ1) is 20.1. The van der Waals surface area contributed by atoms with Crippen LogP contribution in [0.1, 0.15) is 52.0 Å². The first-order valence-electron chi connectivity index (χ1n) is 10.0. The molecule has 0 unspecified atom stereocenters. The van der Waals surface area contributed by atoms with Crippen LogP contribution in [0.4, 0.5) is 5.69 Å². The van der Waals surface area contributed by atoms with Crippen molar-refractivity contribution in [2.24, 2.45) is 0 Å². The highest BCUT2D eigenvalue weighted by Gasteiger charge is 2.27. The molecule has 2 aliphatic rings. The Kier molecular flexibility index (Phi) is 5.81. The molecule has 0 bridgehead atoms. The van der Waals surface area contributed by atoms with E-state index in [1.165, 1.54) is 0 Å². The number of carbonyl (C=O) groups is 3. The molecule has 1 N–H and O–H groups in total. The van der Waals surface area contributed by atoms with Gasteiger partial charge in [0.25, 0.3) is 0 Å². The molecule has 1 saturated heterocycles. The zero-order chi connectivity index (χ0) is 21.1. The third kappa shape index (κ3) is 4.36. The van der Waals surface area contributed by atoms with Crippen molar-refractivity contribution in [3.8, 4) is 5.75 Å². The van der Waals surface area contributed by atoms with Gasteiger partial charge in [-0.25, -0.2) is 4.79 Å². The standard InChI is InChI=1S/C23H23NO6/c1-14-19-11-16(6-9-20(19)24-22(14)26)21(25)13-30-23(27)15-4-7-17(8-5-15)29-12-18-3-2-10-28-18/h4-9,11,14,18H,2-3,10,12-13H2,1H3,(H,24,26)/t14-,18-/m0/s1. The molecule has 7 nitrogen and oxygen atoms in total. The van der Waals surface area contributed by atoms with Crippen molar-refractivity contribution < 1.29 is 28.6 Å². The van der Waals surface area contributed by atoms with Crippen molar-refractivity contribution in [1.82, 2.24) is 0 Å². The van der Waals surface area contributed by atoms with Gasteiger partial charge in [0.15, 0.2) is 12.4 Å². The van der Waals surface area contributed by atoms with Gasteiger partial charge in [-0.1, -0.05) is 0 Å². The lowest BCUT2D eigenvalue weighted by Crippen LogP contribution is -2.16. The number of benzene rings is 2. The molecule has 156 valence electrons. The molecule has 7 heteroatoms. The smallest absolute Gasteiger partial charge is 0.338 e. The van der Waals surface area contributed by atoms with Crippen LogP contribution in [0.2, 0.25) is 0 Å². The van der Waals surface area contributed by atoms with Crippen LogP contribution in [-0.2, 0) is 14.3 Å². The summed E-state index contributed by atoms with van der Waals surface area (Å²) in [5.74, 6) is -0.663. The van der Waals surface area contributed by atoms with Gasteiger partial charge in [-0.3, -0.25) is 9.59 Å². The molecule has 0 spiro atoms. The van der Waals surface area contributed by atoms with Crippen molar-refractivity contribution >= 4 is 23.3 Å². The highest BCUT2D eigenvalue weighted by molar-refractivity contribution is 6.05. The number of amides is 1. The Hall–Kier alpha value is -3.19. The minimum atomic E-state index is -0.583. The van der Waals surface area contributed by atoms with E-state index in [1.54, 1.807) is 49.4 Å². The minimum absolute atomic E-state index is 0.0933. The van der Waals surface area contributed by atoms with E-state index in [0.717, 1.165) is 25.0 Å².